The van der Waals surface area contributed by atoms with Crippen molar-refractivity contribution in [2.75, 3.05) is 13.2 Å². The molecule has 2 fully saturated rings. The van der Waals surface area contributed by atoms with Gasteiger partial charge in [0.05, 0.1) is 6.61 Å². The van der Waals surface area contributed by atoms with Crippen molar-refractivity contribution in [2.24, 2.45) is 0 Å². The van der Waals surface area contributed by atoms with E-state index in [1.54, 1.807) is 0 Å². The van der Waals surface area contributed by atoms with E-state index in [1.807, 2.05) is 6.92 Å². The molecule has 1 atom stereocenters. The summed E-state index contributed by atoms with van der Waals surface area (Å²) in [5, 5.41) is 2.92. The van der Waals surface area contributed by atoms with Crippen LogP contribution < -0.4 is 5.32 Å². The molecule has 1 saturated carbocycles. The topological polar surface area (TPSA) is 47.6 Å². The molecule has 2 rings (SSSR count). The molecule has 0 aromatic rings. The van der Waals surface area contributed by atoms with Crippen LogP contribution in [0.25, 0.3) is 0 Å². The Morgan fingerprint density at radius 1 is 1.28 bits per heavy atom. The third kappa shape index (κ3) is 3.69. The molecule has 1 heterocycles. The maximum atomic E-state index is 11.4. The summed E-state index contributed by atoms with van der Waals surface area (Å²) in [6.07, 6.45) is 8.47. The van der Waals surface area contributed by atoms with Crippen molar-refractivity contribution in [3.63, 3.8) is 0 Å². The van der Waals surface area contributed by atoms with Crippen molar-refractivity contribution in [1.29, 1.82) is 0 Å². The molecule has 4 heteroatoms. The first kappa shape index (κ1) is 13.8. The first-order chi connectivity index (χ1) is 8.74. The largest absolute Gasteiger partial charge is 0.353 e. The van der Waals surface area contributed by atoms with Crippen LogP contribution in [0.4, 0.5) is 0 Å². The molecule has 4 nitrogen and oxygen atoms in total. The van der Waals surface area contributed by atoms with Crippen LogP contribution in [-0.4, -0.2) is 30.9 Å². The molecule has 0 aromatic heterocycles. The summed E-state index contributed by atoms with van der Waals surface area (Å²) >= 11 is 0. The van der Waals surface area contributed by atoms with Gasteiger partial charge in [-0.3, -0.25) is 4.79 Å². The van der Waals surface area contributed by atoms with Crippen LogP contribution in [0.15, 0.2) is 0 Å². The van der Waals surface area contributed by atoms with Crippen molar-refractivity contribution >= 4 is 5.91 Å². The van der Waals surface area contributed by atoms with Crippen LogP contribution in [0, 0.1) is 0 Å². The average molecular weight is 255 g/mol. The fraction of sp³-hybridized carbons (Fsp3) is 0.929. The van der Waals surface area contributed by atoms with Crippen molar-refractivity contribution < 1.29 is 14.3 Å². The summed E-state index contributed by atoms with van der Waals surface area (Å²) in [5.74, 6) is -0.223. The molecule has 1 aliphatic carbocycles. The minimum atomic E-state index is -0.337. The summed E-state index contributed by atoms with van der Waals surface area (Å²) in [7, 11) is 0. The lowest BCUT2D eigenvalue weighted by molar-refractivity contribution is -0.175. The van der Waals surface area contributed by atoms with Gasteiger partial charge in [0.1, 0.15) is 6.10 Å². The average Bonchev–Trinajstić information content (AvgIpc) is 2.60. The zero-order valence-electron chi connectivity index (χ0n) is 11.4. The molecule has 18 heavy (non-hydrogen) atoms. The van der Waals surface area contributed by atoms with Gasteiger partial charge < -0.3 is 14.8 Å². The predicted octanol–water partition coefficient (Wildman–Crippen LogP) is 2.37. The molecular formula is C14H25NO3. The molecule has 0 aromatic carbocycles. The zero-order chi connectivity index (χ0) is 12.8. The van der Waals surface area contributed by atoms with E-state index < -0.39 is 0 Å². The van der Waals surface area contributed by atoms with Gasteiger partial charge in [-0.1, -0.05) is 19.8 Å². The summed E-state index contributed by atoms with van der Waals surface area (Å²) in [5.41, 5.74) is 0. The number of amides is 1. The zero-order valence-corrected chi connectivity index (χ0v) is 11.4. The van der Waals surface area contributed by atoms with Crippen molar-refractivity contribution in [3.05, 3.63) is 0 Å². The quantitative estimate of drug-likeness (QED) is 0.839. The molecule has 0 radical (unpaired) electrons. The molecule has 2 aliphatic rings. The van der Waals surface area contributed by atoms with Crippen molar-refractivity contribution in [3.8, 4) is 0 Å². The van der Waals surface area contributed by atoms with Crippen LogP contribution in [0.1, 0.15) is 58.3 Å². The van der Waals surface area contributed by atoms with Gasteiger partial charge in [0, 0.05) is 25.8 Å². The summed E-state index contributed by atoms with van der Waals surface area (Å²) in [4.78, 5) is 11.4. The van der Waals surface area contributed by atoms with Gasteiger partial charge in [0.15, 0.2) is 5.79 Å². The number of hydrogen-bond donors (Lipinski definition) is 1. The van der Waals surface area contributed by atoms with Gasteiger partial charge in [-0.05, 0) is 19.3 Å². The molecule has 1 saturated heterocycles. The van der Waals surface area contributed by atoms with Gasteiger partial charge in [-0.25, -0.2) is 0 Å². The second kappa shape index (κ2) is 6.53. The lowest BCUT2D eigenvalue weighted by Gasteiger charge is -2.26. The summed E-state index contributed by atoms with van der Waals surface area (Å²) < 4.78 is 12.0. The minimum Gasteiger partial charge on any atom is -0.353 e. The fourth-order valence-electron chi connectivity index (χ4n) is 2.79. The van der Waals surface area contributed by atoms with E-state index in [1.165, 1.54) is 25.7 Å². The van der Waals surface area contributed by atoms with Gasteiger partial charge in [0.25, 0.3) is 0 Å². The Hall–Kier alpha value is -0.610. The molecule has 1 aliphatic heterocycles. The minimum absolute atomic E-state index is 0.0314. The van der Waals surface area contributed by atoms with Crippen molar-refractivity contribution in [1.82, 2.24) is 5.32 Å². The Morgan fingerprint density at radius 2 is 2.00 bits per heavy atom. The highest BCUT2D eigenvalue weighted by Gasteiger charge is 2.41. The third-order valence-electron chi connectivity index (χ3n) is 3.78. The van der Waals surface area contributed by atoms with Crippen LogP contribution in [0.5, 0.6) is 0 Å². The first-order valence-electron chi connectivity index (χ1n) is 7.32. The highest BCUT2D eigenvalue weighted by atomic mass is 16.7. The van der Waals surface area contributed by atoms with Gasteiger partial charge in [-0.2, -0.15) is 0 Å². The Balaban J connectivity index is 1.75. The molecule has 0 unspecified atom stereocenters. The van der Waals surface area contributed by atoms with E-state index >= 15 is 0 Å². The maximum absolute atomic E-state index is 11.4. The van der Waals surface area contributed by atoms with E-state index in [4.69, 9.17) is 9.47 Å². The number of ether oxygens (including phenoxy) is 2. The molecular weight excluding hydrogens is 230 g/mol. The van der Waals surface area contributed by atoms with Crippen molar-refractivity contribution in [2.45, 2.75) is 70.2 Å². The number of hydrogen-bond acceptors (Lipinski definition) is 3. The van der Waals surface area contributed by atoms with Crippen LogP contribution >= 0.6 is 0 Å². The second-order valence-corrected chi connectivity index (χ2v) is 5.43. The lowest BCUT2D eigenvalue weighted by atomic mass is 10.1. The molecule has 1 N–H and O–H groups in total. The lowest BCUT2D eigenvalue weighted by Crippen LogP contribution is -2.35. The van der Waals surface area contributed by atoms with Gasteiger partial charge in [-0.15, -0.1) is 0 Å². The number of carbonyl (C=O) groups excluding carboxylic acids is 1. The number of carbonyl (C=O) groups is 1. The normalized spacial score (nSPS) is 27.1. The van der Waals surface area contributed by atoms with Crippen LogP contribution in [-0.2, 0) is 14.3 Å². The molecule has 104 valence electrons. The van der Waals surface area contributed by atoms with Gasteiger partial charge in [0.2, 0.25) is 5.91 Å². The van der Waals surface area contributed by atoms with E-state index in [0.29, 0.717) is 19.6 Å². The molecule has 1 amide bonds. The fourth-order valence-corrected chi connectivity index (χ4v) is 2.79. The second-order valence-electron chi connectivity index (χ2n) is 5.43. The highest BCUT2D eigenvalue weighted by Crippen LogP contribution is 2.36. The summed E-state index contributed by atoms with van der Waals surface area (Å²) in [6.45, 7) is 3.21. The smallest absolute Gasteiger partial charge is 0.220 e. The molecule has 0 bridgehead atoms. The van der Waals surface area contributed by atoms with Gasteiger partial charge >= 0.3 is 0 Å². The Bertz CT molecular complexity index is 272. The summed E-state index contributed by atoms with van der Waals surface area (Å²) in [6, 6.07) is 0. The van der Waals surface area contributed by atoms with Crippen LogP contribution in [0.2, 0.25) is 0 Å². The Labute approximate surface area is 109 Å². The van der Waals surface area contributed by atoms with Crippen LogP contribution in [0.3, 0.4) is 0 Å². The predicted molar refractivity (Wildman–Crippen MR) is 69.2 cm³/mol. The first-order valence-corrected chi connectivity index (χ1v) is 7.32. The maximum Gasteiger partial charge on any atom is 0.220 e. The number of rotatable bonds is 4. The van der Waals surface area contributed by atoms with E-state index in [2.05, 4.69) is 5.32 Å². The SMILES string of the molecule is CCCC(=O)NC[C@@H]1COC2(CCCCCC2)O1. The standard InChI is InChI=1S/C14H25NO3/c1-2-7-13(16)15-10-12-11-17-14(18-12)8-5-3-4-6-9-14/h12H,2-11H2,1H3,(H,15,16)/t12-/m1/s1. The van der Waals surface area contributed by atoms with E-state index in [-0.39, 0.29) is 17.8 Å². The third-order valence-corrected chi connectivity index (χ3v) is 3.78. The monoisotopic (exact) mass is 255 g/mol. The Morgan fingerprint density at radius 3 is 2.67 bits per heavy atom. The number of nitrogens with one attached hydrogen (secondary N) is 1. The molecule has 1 spiro atoms. The Kier molecular flexibility index (Phi) is 5.01. The highest BCUT2D eigenvalue weighted by molar-refractivity contribution is 5.75. The van der Waals surface area contributed by atoms with E-state index in [0.717, 1.165) is 19.3 Å². The van der Waals surface area contributed by atoms with E-state index in [9.17, 15) is 4.79 Å².